The van der Waals surface area contributed by atoms with Crippen LogP contribution in [0.3, 0.4) is 0 Å². The molecule has 4 heterocycles. The van der Waals surface area contributed by atoms with Crippen molar-refractivity contribution in [3.05, 3.63) is 49.1 Å². The number of nitrogens with one attached hydrogen (secondary N) is 1. The number of halogens is 1. The first-order valence-electron chi connectivity index (χ1n) is 11.1. The highest BCUT2D eigenvalue weighted by Gasteiger charge is 2.53. The number of alkyl halides is 1. The second-order valence-electron chi connectivity index (χ2n) is 9.69. The number of piperidine rings is 2. The van der Waals surface area contributed by atoms with E-state index in [0.29, 0.717) is 17.1 Å². The minimum atomic E-state index is -0.998. The van der Waals surface area contributed by atoms with Gasteiger partial charge >= 0.3 is 0 Å². The van der Waals surface area contributed by atoms with Gasteiger partial charge in [0.1, 0.15) is 11.9 Å². The molecule has 2 aliphatic heterocycles. The smallest absolute Gasteiger partial charge is 0.151 e. The van der Waals surface area contributed by atoms with Crippen LogP contribution in [0.15, 0.2) is 49.1 Å². The highest BCUT2D eigenvalue weighted by molar-refractivity contribution is 5.69. The molecule has 32 heavy (non-hydrogen) atoms. The summed E-state index contributed by atoms with van der Waals surface area (Å²) in [6.45, 7) is 4.20. The fourth-order valence-corrected chi connectivity index (χ4v) is 5.48. The standard InChI is InChI=1S/C24H29FN6O/c1-23-9-4-10-24(2,29-23)22(25)19(14-23)30(3)21-8-7-18(27-28-21)17-6-5-16(13-20(17)32)31-12-11-26-15-31/h5-8,11-13,15,19,22,29,32H,4,9-10,14H2,1-3H3/t19-,22-,23-,24+/m1/s1. The molecule has 2 saturated heterocycles. The van der Waals surface area contributed by atoms with Crippen molar-refractivity contribution in [2.75, 3.05) is 11.9 Å². The SMILES string of the molecule is CN(c1ccc(-c2ccc(-n3ccnc3)cc2O)nn1)[C@@H]1C[C@@]2(C)CCC[C@](C)(N2)[C@@H]1F. The Kier molecular flexibility index (Phi) is 4.93. The number of benzene rings is 1. The van der Waals surface area contributed by atoms with Crippen LogP contribution in [0.25, 0.3) is 16.9 Å². The summed E-state index contributed by atoms with van der Waals surface area (Å²) in [5.74, 6) is 0.741. The molecule has 0 unspecified atom stereocenters. The molecular formula is C24H29FN6O. The molecule has 4 atom stereocenters. The van der Waals surface area contributed by atoms with Crippen molar-refractivity contribution in [1.29, 1.82) is 0 Å². The van der Waals surface area contributed by atoms with Crippen LogP contribution >= 0.6 is 0 Å². The van der Waals surface area contributed by atoms with Crippen molar-refractivity contribution in [2.24, 2.45) is 0 Å². The number of anilines is 1. The Labute approximate surface area is 187 Å². The van der Waals surface area contributed by atoms with Gasteiger partial charge in [-0.3, -0.25) is 0 Å². The van der Waals surface area contributed by atoms with E-state index in [9.17, 15) is 5.11 Å². The van der Waals surface area contributed by atoms with Crippen LogP contribution in [0.2, 0.25) is 0 Å². The molecule has 0 spiro atoms. The van der Waals surface area contributed by atoms with E-state index < -0.39 is 11.7 Å². The zero-order valence-corrected chi connectivity index (χ0v) is 18.7. The van der Waals surface area contributed by atoms with E-state index in [0.717, 1.165) is 31.4 Å². The van der Waals surface area contributed by atoms with Crippen LogP contribution in [0.1, 0.15) is 39.5 Å². The number of rotatable bonds is 4. The van der Waals surface area contributed by atoms with E-state index >= 15 is 4.39 Å². The number of imidazole rings is 1. The lowest BCUT2D eigenvalue weighted by atomic mass is 9.68. The van der Waals surface area contributed by atoms with Gasteiger partial charge in [-0.25, -0.2) is 9.37 Å². The van der Waals surface area contributed by atoms with E-state index in [-0.39, 0.29) is 17.3 Å². The molecule has 0 saturated carbocycles. The largest absolute Gasteiger partial charge is 0.507 e. The Morgan fingerprint density at radius 2 is 2.03 bits per heavy atom. The van der Waals surface area contributed by atoms with Crippen molar-refractivity contribution in [2.45, 2.75) is 62.8 Å². The van der Waals surface area contributed by atoms with E-state index in [2.05, 4.69) is 27.4 Å². The van der Waals surface area contributed by atoms with Gasteiger partial charge < -0.3 is 19.9 Å². The number of phenols is 1. The summed E-state index contributed by atoms with van der Waals surface area (Å²) in [6, 6.07) is 8.77. The summed E-state index contributed by atoms with van der Waals surface area (Å²) in [5.41, 5.74) is 1.39. The van der Waals surface area contributed by atoms with Crippen LogP contribution in [0.4, 0.5) is 10.2 Å². The van der Waals surface area contributed by atoms with Gasteiger partial charge in [0.25, 0.3) is 0 Å². The van der Waals surface area contributed by atoms with E-state index in [1.807, 2.05) is 53.9 Å². The summed E-state index contributed by atoms with van der Waals surface area (Å²) < 4.78 is 17.4. The van der Waals surface area contributed by atoms with Gasteiger partial charge in [0.05, 0.1) is 23.8 Å². The number of fused-ring (bicyclic) bond motifs is 2. The first kappa shape index (κ1) is 20.9. The molecule has 2 fully saturated rings. The first-order chi connectivity index (χ1) is 15.3. The molecule has 7 nitrogen and oxygen atoms in total. The number of nitrogens with zero attached hydrogens (tertiary/aromatic N) is 5. The number of hydrogen-bond donors (Lipinski definition) is 2. The van der Waals surface area contributed by atoms with Crippen LogP contribution in [-0.2, 0) is 0 Å². The first-order valence-corrected chi connectivity index (χ1v) is 11.1. The Hall–Kier alpha value is -3.00. The monoisotopic (exact) mass is 436 g/mol. The van der Waals surface area contributed by atoms with Crippen molar-refractivity contribution < 1.29 is 9.50 Å². The molecule has 168 valence electrons. The third kappa shape index (κ3) is 3.52. The fraction of sp³-hybridized carbons (Fsp3) is 0.458. The number of aromatic nitrogens is 4. The topological polar surface area (TPSA) is 79.1 Å². The fourth-order valence-electron chi connectivity index (χ4n) is 5.48. The number of phenolic OH excluding ortho intramolecular Hbond substituents is 1. The van der Waals surface area contributed by atoms with Gasteiger partial charge in [-0.05, 0) is 63.8 Å². The van der Waals surface area contributed by atoms with Crippen molar-refractivity contribution in [3.8, 4) is 22.7 Å². The molecule has 3 aromatic rings. The maximum absolute atomic E-state index is 15.6. The van der Waals surface area contributed by atoms with E-state index in [4.69, 9.17) is 0 Å². The highest BCUT2D eigenvalue weighted by Crippen LogP contribution is 2.43. The average molecular weight is 437 g/mol. The quantitative estimate of drug-likeness (QED) is 0.646. The Morgan fingerprint density at radius 1 is 1.19 bits per heavy atom. The third-order valence-electron chi connectivity index (χ3n) is 7.19. The molecular weight excluding hydrogens is 407 g/mol. The van der Waals surface area contributed by atoms with Crippen molar-refractivity contribution in [1.82, 2.24) is 25.1 Å². The molecule has 2 bridgehead atoms. The zero-order valence-electron chi connectivity index (χ0n) is 18.7. The highest BCUT2D eigenvalue weighted by atomic mass is 19.1. The maximum atomic E-state index is 15.6. The zero-order chi connectivity index (χ0) is 22.5. The summed E-state index contributed by atoms with van der Waals surface area (Å²) in [7, 11) is 1.89. The molecule has 2 aromatic heterocycles. The van der Waals surface area contributed by atoms with E-state index in [1.165, 1.54) is 0 Å². The van der Waals surface area contributed by atoms with Gasteiger partial charge in [-0.1, -0.05) is 0 Å². The van der Waals surface area contributed by atoms with Crippen molar-refractivity contribution in [3.63, 3.8) is 0 Å². The predicted molar refractivity (Wildman–Crippen MR) is 122 cm³/mol. The van der Waals surface area contributed by atoms with Crippen LogP contribution in [0, 0.1) is 0 Å². The molecule has 8 heteroatoms. The summed E-state index contributed by atoms with van der Waals surface area (Å²) in [5, 5.41) is 22.8. The van der Waals surface area contributed by atoms with Crippen molar-refractivity contribution >= 4 is 5.82 Å². The van der Waals surface area contributed by atoms with Gasteiger partial charge in [0.15, 0.2) is 5.82 Å². The molecule has 0 radical (unpaired) electrons. The molecule has 5 rings (SSSR count). The lowest BCUT2D eigenvalue weighted by molar-refractivity contribution is 0.00195. The number of aromatic hydroxyl groups is 1. The Morgan fingerprint density at radius 3 is 2.72 bits per heavy atom. The van der Waals surface area contributed by atoms with Gasteiger partial charge in [0.2, 0.25) is 0 Å². The second kappa shape index (κ2) is 7.55. The molecule has 2 N–H and O–H groups in total. The van der Waals surface area contributed by atoms with Gasteiger partial charge in [-0.15, -0.1) is 10.2 Å². The minimum absolute atomic E-state index is 0.0648. The lowest BCUT2D eigenvalue weighted by Crippen LogP contribution is -2.72. The van der Waals surface area contributed by atoms with Crippen LogP contribution in [0.5, 0.6) is 5.75 Å². The number of hydrogen-bond acceptors (Lipinski definition) is 6. The van der Waals surface area contributed by atoms with E-state index in [1.54, 1.807) is 18.6 Å². The third-order valence-corrected chi connectivity index (χ3v) is 7.19. The van der Waals surface area contributed by atoms with Gasteiger partial charge in [-0.2, -0.15) is 0 Å². The summed E-state index contributed by atoms with van der Waals surface area (Å²) >= 11 is 0. The minimum Gasteiger partial charge on any atom is -0.507 e. The van der Waals surface area contributed by atoms with Crippen LogP contribution < -0.4 is 10.2 Å². The second-order valence-corrected chi connectivity index (χ2v) is 9.69. The summed E-state index contributed by atoms with van der Waals surface area (Å²) in [6.07, 6.45) is 7.84. The maximum Gasteiger partial charge on any atom is 0.151 e. The van der Waals surface area contributed by atoms with Gasteiger partial charge in [0, 0.05) is 42.1 Å². The lowest BCUT2D eigenvalue weighted by Gasteiger charge is -2.56. The molecule has 2 aliphatic rings. The average Bonchev–Trinajstić information content (AvgIpc) is 3.31. The Balaban J connectivity index is 1.38. The molecule has 0 amide bonds. The molecule has 0 aliphatic carbocycles. The predicted octanol–water partition coefficient (Wildman–Crippen LogP) is 3.87. The normalized spacial score (nSPS) is 29.6. The van der Waals surface area contributed by atoms with Crippen LogP contribution in [-0.4, -0.2) is 55.2 Å². The Bertz CT molecular complexity index is 1100. The summed E-state index contributed by atoms with van der Waals surface area (Å²) in [4.78, 5) is 5.95. The molecule has 1 aromatic carbocycles.